The zero-order valence-electron chi connectivity index (χ0n) is 24.3. The molecule has 3 aromatic carbocycles. The number of rotatable bonds is 12. The van der Waals surface area contributed by atoms with E-state index in [-0.39, 0.29) is 5.41 Å². The molecular formula is C34H40Br2N2O2. The van der Waals surface area contributed by atoms with Crippen molar-refractivity contribution in [1.82, 2.24) is 10.2 Å². The highest BCUT2D eigenvalue weighted by Crippen LogP contribution is 2.35. The third kappa shape index (κ3) is 7.44. The van der Waals surface area contributed by atoms with Crippen LogP contribution < -0.4 is 4.74 Å². The molecule has 6 heteroatoms. The van der Waals surface area contributed by atoms with Crippen LogP contribution in [0.4, 0.5) is 0 Å². The van der Waals surface area contributed by atoms with E-state index in [4.69, 9.17) is 9.15 Å². The van der Waals surface area contributed by atoms with Gasteiger partial charge in [0.15, 0.2) is 0 Å². The summed E-state index contributed by atoms with van der Waals surface area (Å²) in [6, 6.07) is 21.1. The molecule has 0 aliphatic carbocycles. The van der Waals surface area contributed by atoms with E-state index in [2.05, 4.69) is 113 Å². The maximum absolute atomic E-state index is 6.37. The SMILES string of the molecule is CCCCC(CC)COc1cc(CBr)c(-c2ccc(-c3nnc(-c4ccc(C(C)(C)C)cc4)o3)cc2)cc1CBr. The minimum atomic E-state index is 0.101. The predicted octanol–water partition coefficient (Wildman–Crippen LogP) is 10.8. The monoisotopic (exact) mass is 666 g/mol. The number of ether oxygens (including phenoxy) is 1. The van der Waals surface area contributed by atoms with E-state index in [1.807, 2.05) is 24.3 Å². The summed E-state index contributed by atoms with van der Waals surface area (Å²) in [4.78, 5) is 0. The van der Waals surface area contributed by atoms with Crippen LogP contribution >= 0.6 is 31.9 Å². The Labute approximate surface area is 256 Å². The topological polar surface area (TPSA) is 48.2 Å². The molecule has 1 unspecified atom stereocenters. The Morgan fingerprint density at radius 2 is 1.38 bits per heavy atom. The molecule has 212 valence electrons. The van der Waals surface area contributed by atoms with Crippen molar-refractivity contribution in [3.8, 4) is 39.8 Å². The standard InChI is InChI=1S/C34H40Br2N2O2/c1-6-8-9-23(7-2)22-39-31-19-27(20-35)30(18-28(31)21-36)24-10-12-25(13-11-24)32-37-38-33(40-32)26-14-16-29(17-15-26)34(3,4)5/h10-19,23H,6-9,20-22H2,1-5H3. The molecule has 0 amide bonds. The lowest BCUT2D eigenvalue weighted by atomic mass is 9.87. The number of hydrogen-bond donors (Lipinski definition) is 0. The van der Waals surface area contributed by atoms with Crippen molar-refractivity contribution in [3.63, 3.8) is 0 Å². The lowest BCUT2D eigenvalue weighted by Crippen LogP contribution is -2.12. The minimum Gasteiger partial charge on any atom is -0.493 e. The molecule has 0 saturated carbocycles. The Balaban J connectivity index is 1.53. The Kier molecular flexibility index (Phi) is 10.6. The van der Waals surface area contributed by atoms with Crippen molar-refractivity contribution in [1.29, 1.82) is 0 Å². The molecule has 40 heavy (non-hydrogen) atoms. The van der Waals surface area contributed by atoms with Gasteiger partial charge in [-0.15, -0.1) is 10.2 Å². The van der Waals surface area contributed by atoms with Gasteiger partial charge in [-0.2, -0.15) is 0 Å². The van der Waals surface area contributed by atoms with Crippen LogP contribution in [0.3, 0.4) is 0 Å². The summed E-state index contributed by atoms with van der Waals surface area (Å²) >= 11 is 7.39. The van der Waals surface area contributed by atoms with Gasteiger partial charge in [-0.05, 0) is 76.4 Å². The summed E-state index contributed by atoms with van der Waals surface area (Å²) in [7, 11) is 0. The third-order valence-electron chi connectivity index (χ3n) is 7.46. The Hall–Kier alpha value is -2.44. The number of halogens is 2. The number of unbranched alkanes of at least 4 members (excludes halogenated alkanes) is 1. The number of alkyl halides is 2. The summed E-state index contributed by atoms with van der Waals surface area (Å²) < 4.78 is 12.4. The van der Waals surface area contributed by atoms with Gasteiger partial charge in [-0.1, -0.05) is 110 Å². The van der Waals surface area contributed by atoms with E-state index in [0.717, 1.165) is 51.7 Å². The number of nitrogens with zero attached hydrogens (tertiary/aromatic N) is 2. The van der Waals surface area contributed by atoms with E-state index < -0.39 is 0 Å². The van der Waals surface area contributed by atoms with Crippen LogP contribution in [0, 0.1) is 5.92 Å². The van der Waals surface area contributed by atoms with Crippen molar-refractivity contribution < 1.29 is 9.15 Å². The van der Waals surface area contributed by atoms with Crippen LogP contribution in [0.25, 0.3) is 34.0 Å². The first kappa shape index (κ1) is 30.5. The fourth-order valence-corrected chi connectivity index (χ4v) is 5.65. The van der Waals surface area contributed by atoms with Crippen LogP contribution in [-0.2, 0) is 16.1 Å². The van der Waals surface area contributed by atoms with Crippen LogP contribution in [0.2, 0.25) is 0 Å². The second-order valence-corrected chi connectivity index (χ2v) is 12.6. The smallest absolute Gasteiger partial charge is 0.248 e. The summed E-state index contributed by atoms with van der Waals surface area (Å²) in [5.74, 6) is 2.60. The van der Waals surface area contributed by atoms with Crippen molar-refractivity contribution in [2.75, 3.05) is 6.61 Å². The Bertz CT molecular complexity index is 1370. The molecule has 0 saturated heterocycles. The first-order valence-electron chi connectivity index (χ1n) is 14.2. The van der Waals surface area contributed by atoms with Gasteiger partial charge in [-0.25, -0.2) is 0 Å². The fraction of sp³-hybridized carbons (Fsp3) is 0.412. The molecular weight excluding hydrogens is 628 g/mol. The van der Waals surface area contributed by atoms with Gasteiger partial charge in [0.05, 0.1) is 6.61 Å². The summed E-state index contributed by atoms with van der Waals surface area (Å²) in [5.41, 5.74) is 7.88. The third-order valence-corrected chi connectivity index (χ3v) is 8.67. The minimum absolute atomic E-state index is 0.101. The molecule has 0 radical (unpaired) electrons. The fourth-order valence-electron chi connectivity index (χ4n) is 4.75. The van der Waals surface area contributed by atoms with Gasteiger partial charge in [0.25, 0.3) is 0 Å². The molecule has 0 aliphatic rings. The quantitative estimate of drug-likeness (QED) is 0.141. The van der Waals surface area contributed by atoms with Gasteiger partial charge in [0.2, 0.25) is 11.8 Å². The number of hydrogen-bond acceptors (Lipinski definition) is 4. The van der Waals surface area contributed by atoms with E-state index in [9.17, 15) is 0 Å². The van der Waals surface area contributed by atoms with Crippen LogP contribution in [-0.4, -0.2) is 16.8 Å². The Morgan fingerprint density at radius 1 is 0.800 bits per heavy atom. The summed E-state index contributed by atoms with van der Waals surface area (Å²) in [5, 5.41) is 10.1. The molecule has 0 aliphatic heterocycles. The molecule has 0 bridgehead atoms. The zero-order chi connectivity index (χ0) is 28.7. The lowest BCUT2D eigenvalue weighted by Gasteiger charge is -2.19. The first-order chi connectivity index (χ1) is 19.3. The molecule has 4 rings (SSSR count). The average molecular weight is 669 g/mol. The van der Waals surface area contributed by atoms with Crippen molar-refractivity contribution in [2.45, 2.75) is 76.4 Å². The van der Waals surface area contributed by atoms with E-state index in [1.165, 1.54) is 36.0 Å². The van der Waals surface area contributed by atoms with Gasteiger partial charge in [0, 0.05) is 27.4 Å². The second-order valence-electron chi connectivity index (χ2n) is 11.4. The molecule has 1 atom stereocenters. The maximum Gasteiger partial charge on any atom is 0.248 e. The van der Waals surface area contributed by atoms with Gasteiger partial charge >= 0.3 is 0 Å². The molecule has 4 nitrogen and oxygen atoms in total. The molecule has 4 aromatic rings. The Morgan fingerprint density at radius 3 is 1.90 bits per heavy atom. The average Bonchev–Trinajstić information content (AvgIpc) is 3.47. The van der Waals surface area contributed by atoms with Gasteiger partial charge in [-0.3, -0.25) is 0 Å². The largest absolute Gasteiger partial charge is 0.493 e. The highest BCUT2D eigenvalue weighted by Gasteiger charge is 2.17. The van der Waals surface area contributed by atoms with Crippen LogP contribution in [0.5, 0.6) is 5.75 Å². The zero-order valence-corrected chi connectivity index (χ0v) is 27.4. The van der Waals surface area contributed by atoms with Crippen molar-refractivity contribution in [3.05, 3.63) is 77.4 Å². The first-order valence-corrected chi connectivity index (χ1v) is 16.5. The van der Waals surface area contributed by atoms with E-state index in [1.54, 1.807) is 0 Å². The molecule has 0 spiro atoms. The summed E-state index contributed by atoms with van der Waals surface area (Å²) in [6.07, 6.45) is 4.84. The highest BCUT2D eigenvalue weighted by molar-refractivity contribution is 9.08. The van der Waals surface area contributed by atoms with Crippen molar-refractivity contribution in [2.24, 2.45) is 5.92 Å². The molecule has 1 heterocycles. The molecule has 0 fully saturated rings. The predicted molar refractivity (Wildman–Crippen MR) is 173 cm³/mol. The normalized spacial score (nSPS) is 12.5. The van der Waals surface area contributed by atoms with Crippen LogP contribution in [0.1, 0.15) is 77.0 Å². The van der Waals surface area contributed by atoms with E-state index in [0.29, 0.717) is 17.7 Å². The molecule has 0 N–H and O–H groups in total. The number of benzene rings is 3. The van der Waals surface area contributed by atoms with Gasteiger partial charge in [0.1, 0.15) is 5.75 Å². The maximum atomic E-state index is 6.37. The lowest BCUT2D eigenvalue weighted by molar-refractivity contribution is 0.232. The van der Waals surface area contributed by atoms with Gasteiger partial charge < -0.3 is 9.15 Å². The summed E-state index contributed by atoms with van der Waals surface area (Å²) in [6.45, 7) is 11.9. The van der Waals surface area contributed by atoms with Crippen molar-refractivity contribution >= 4 is 31.9 Å². The van der Waals surface area contributed by atoms with Crippen LogP contribution in [0.15, 0.2) is 65.1 Å². The molecule has 1 aromatic heterocycles. The van der Waals surface area contributed by atoms with E-state index >= 15 is 0 Å². The second kappa shape index (κ2) is 14.0. The highest BCUT2D eigenvalue weighted by atomic mass is 79.9. The number of aromatic nitrogens is 2.